The molecule has 1 aliphatic rings. The second kappa shape index (κ2) is 11.0. The zero-order chi connectivity index (χ0) is 15.5. The average molecular weight is 324 g/mol. The number of aryl methyl sites for hydroxylation is 1. The molecule has 7 heteroatoms. The molecule has 5 nitrogen and oxygen atoms in total. The van der Waals surface area contributed by atoms with E-state index in [0.29, 0.717) is 10.7 Å². The van der Waals surface area contributed by atoms with E-state index < -0.39 is 5.91 Å². The number of aromatic nitrogens is 1. The summed E-state index contributed by atoms with van der Waals surface area (Å²) in [7, 11) is 0. The van der Waals surface area contributed by atoms with Gasteiger partial charge in [0.25, 0.3) is 5.91 Å². The number of H-pyrrole nitrogens is 1. The summed E-state index contributed by atoms with van der Waals surface area (Å²) in [5.74, 6) is -0.606. The Morgan fingerprint density at radius 2 is 1.75 bits per heavy atom. The normalized spacial score (nSPS) is 13.7. The lowest BCUT2D eigenvalue weighted by Crippen LogP contribution is -2.21. The lowest BCUT2D eigenvalue weighted by Gasteiger charge is -2.08. The number of nitrogens with two attached hydrogens (primary N) is 1. The molecule has 20 heavy (non-hydrogen) atoms. The minimum Gasteiger partial charge on any atom is -0.397 e. The van der Waals surface area contributed by atoms with Crippen LogP contribution in [0, 0.1) is 6.92 Å². The first-order chi connectivity index (χ1) is 9.45. The predicted molar refractivity (Wildman–Crippen MR) is 83.5 cm³/mol. The van der Waals surface area contributed by atoms with Crippen LogP contribution in [0.4, 0.5) is 0 Å². The number of nitrogens with one attached hydrogen (secondary N) is 2. The van der Waals surface area contributed by atoms with Crippen LogP contribution in [0.2, 0.25) is 10.0 Å². The summed E-state index contributed by atoms with van der Waals surface area (Å²) in [6.45, 7) is 6.14. The molecular weight excluding hydrogens is 301 g/mol. The van der Waals surface area contributed by atoms with Gasteiger partial charge in [-0.3, -0.25) is 4.79 Å². The quantitative estimate of drug-likeness (QED) is 0.639. The maximum atomic E-state index is 10.6. The standard InChI is InChI=1S/C6H6Cl2N2O.C5H11N.C2H6O/c1-2-3(7)4(8)5(10-2)6(9)11;1-2-4-6-5-3-1;1-2-3/h10H,1H3,(H2,9,11);6H,1-5H2;3H,2H2,1H3. The van der Waals surface area contributed by atoms with E-state index in [4.69, 9.17) is 34.0 Å². The molecule has 0 radical (unpaired) electrons. The van der Waals surface area contributed by atoms with Crippen molar-refractivity contribution in [2.75, 3.05) is 19.7 Å². The summed E-state index contributed by atoms with van der Waals surface area (Å²) in [5, 5.41) is 11.4. The Labute approximate surface area is 129 Å². The first-order valence-corrected chi connectivity index (χ1v) is 7.36. The zero-order valence-electron chi connectivity index (χ0n) is 11.9. The van der Waals surface area contributed by atoms with E-state index in [9.17, 15) is 4.79 Å². The average Bonchev–Trinajstić information content (AvgIpc) is 2.70. The van der Waals surface area contributed by atoms with Crippen molar-refractivity contribution in [2.24, 2.45) is 5.73 Å². The molecule has 1 fully saturated rings. The summed E-state index contributed by atoms with van der Waals surface area (Å²) in [5.41, 5.74) is 5.79. The fourth-order valence-corrected chi connectivity index (χ4v) is 1.97. The Balaban J connectivity index is 0.000000336. The van der Waals surface area contributed by atoms with E-state index in [0.717, 1.165) is 0 Å². The van der Waals surface area contributed by atoms with Crippen LogP contribution in [0.25, 0.3) is 0 Å². The topological polar surface area (TPSA) is 91.1 Å². The number of halogens is 2. The van der Waals surface area contributed by atoms with Crippen molar-refractivity contribution in [1.29, 1.82) is 0 Å². The molecule has 1 aromatic rings. The minimum absolute atomic E-state index is 0.161. The molecule has 1 aliphatic heterocycles. The third-order valence-corrected chi connectivity index (χ3v) is 3.45. The number of carbonyl (C=O) groups is 1. The van der Waals surface area contributed by atoms with Crippen LogP contribution in [-0.4, -0.2) is 35.7 Å². The third kappa shape index (κ3) is 7.14. The number of hydrogen-bond donors (Lipinski definition) is 4. The molecule has 0 bridgehead atoms. The van der Waals surface area contributed by atoms with Gasteiger partial charge in [0.2, 0.25) is 0 Å². The van der Waals surface area contributed by atoms with E-state index in [1.54, 1.807) is 13.8 Å². The molecule has 116 valence electrons. The van der Waals surface area contributed by atoms with E-state index in [1.807, 2.05) is 0 Å². The van der Waals surface area contributed by atoms with Crippen LogP contribution >= 0.6 is 23.2 Å². The van der Waals surface area contributed by atoms with Crippen molar-refractivity contribution >= 4 is 29.1 Å². The van der Waals surface area contributed by atoms with Crippen LogP contribution in [-0.2, 0) is 0 Å². The molecule has 1 amide bonds. The fraction of sp³-hybridized carbons (Fsp3) is 0.615. The molecule has 0 aliphatic carbocycles. The second-order valence-corrected chi connectivity index (χ2v) is 5.00. The molecule has 0 aromatic carbocycles. The lowest BCUT2D eigenvalue weighted by atomic mass is 10.2. The molecule has 0 unspecified atom stereocenters. The summed E-state index contributed by atoms with van der Waals surface area (Å²) in [4.78, 5) is 13.3. The summed E-state index contributed by atoms with van der Waals surface area (Å²) >= 11 is 11.3. The molecule has 0 spiro atoms. The number of aromatic amines is 1. The van der Waals surface area contributed by atoms with Gasteiger partial charge in [0.05, 0.1) is 10.0 Å². The summed E-state index contributed by atoms with van der Waals surface area (Å²) < 4.78 is 0. The highest BCUT2D eigenvalue weighted by molar-refractivity contribution is 6.44. The maximum absolute atomic E-state index is 10.6. The number of aliphatic hydroxyl groups excluding tert-OH is 1. The van der Waals surface area contributed by atoms with Crippen molar-refractivity contribution in [3.05, 3.63) is 21.4 Å². The van der Waals surface area contributed by atoms with Crippen molar-refractivity contribution < 1.29 is 9.90 Å². The Morgan fingerprint density at radius 1 is 1.25 bits per heavy atom. The summed E-state index contributed by atoms with van der Waals surface area (Å²) in [6, 6.07) is 0. The maximum Gasteiger partial charge on any atom is 0.266 e. The van der Waals surface area contributed by atoms with Gasteiger partial charge >= 0.3 is 0 Å². The number of carbonyl (C=O) groups excluding carboxylic acids is 1. The Kier molecular flexibility index (Phi) is 10.6. The second-order valence-electron chi connectivity index (χ2n) is 4.24. The van der Waals surface area contributed by atoms with E-state index in [2.05, 4.69) is 10.3 Å². The predicted octanol–water partition coefficient (Wildman–Crippen LogP) is 2.49. The Hall–Kier alpha value is -0.750. The number of amides is 1. The fourth-order valence-electron chi connectivity index (χ4n) is 1.54. The van der Waals surface area contributed by atoms with Crippen LogP contribution in [0.5, 0.6) is 0 Å². The van der Waals surface area contributed by atoms with Crippen LogP contribution < -0.4 is 11.1 Å². The number of hydrogen-bond acceptors (Lipinski definition) is 3. The van der Waals surface area contributed by atoms with Gasteiger partial charge in [0, 0.05) is 12.3 Å². The smallest absolute Gasteiger partial charge is 0.266 e. The van der Waals surface area contributed by atoms with Gasteiger partial charge in [-0.15, -0.1) is 0 Å². The zero-order valence-corrected chi connectivity index (χ0v) is 13.4. The highest BCUT2D eigenvalue weighted by Crippen LogP contribution is 2.28. The van der Waals surface area contributed by atoms with Crippen molar-refractivity contribution in [3.8, 4) is 0 Å². The first kappa shape index (κ1) is 19.2. The van der Waals surface area contributed by atoms with Gasteiger partial charge in [-0.25, -0.2) is 0 Å². The van der Waals surface area contributed by atoms with Gasteiger partial charge in [-0.05, 0) is 39.8 Å². The van der Waals surface area contributed by atoms with Gasteiger partial charge in [0.1, 0.15) is 5.69 Å². The third-order valence-electron chi connectivity index (χ3n) is 2.51. The molecule has 1 aromatic heterocycles. The number of primary amides is 1. The Morgan fingerprint density at radius 3 is 1.90 bits per heavy atom. The number of rotatable bonds is 1. The van der Waals surface area contributed by atoms with Crippen molar-refractivity contribution in [3.63, 3.8) is 0 Å². The minimum atomic E-state index is -0.606. The van der Waals surface area contributed by atoms with E-state index in [1.165, 1.54) is 32.4 Å². The molecule has 1 saturated heterocycles. The van der Waals surface area contributed by atoms with Gasteiger partial charge in [0.15, 0.2) is 0 Å². The number of aliphatic hydroxyl groups is 1. The monoisotopic (exact) mass is 323 g/mol. The molecule has 5 N–H and O–H groups in total. The molecule has 2 heterocycles. The van der Waals surface area contributed by atoms with Crippen LogP contribution in [0.15, 0.2) is 0 Å². The SMILES string of the molecule is C1CCNCC1.CCO.Cc1[nH]c(C(N)=O)c(Cl)c1Cl. The molecular formula is C13H23Cl2N3O2. The van der Waals surface area contributed by atoms with Crippen molar-refractivity contribution in [2.45, 2.75) is 33.1 Å². The lowest BCUT2D eigenvalue weighted by molar-refractivity contribution is 0.0996. The molecule has 0 atom stereocenters. The van der Waals surface area contributed by atoms with E-state index >= 15 is 0 Å². The first-order valence-electron chi connectivity index (χ1n) is 6.60. The largest absolute Gasteiger partial charge is 0.397 e. The molecule has 2 rings (SSSR count). The van der Waals surface area contributed by atoms with Crippen LogP contribution in [0.3, 0.4) is 0 Å². The molecule has 0 saturated carbocycles. The van der Waals surface area contributed by atoms with Gasteiger partial charge in [-0.2, -0.15) is 0 Å². The van der Waals surface area contributed by atoms with Crippen LogP contribution in [0.1, 0.15) is 42.4 Å². The highest BCUT2D eigenvalue weighted by atomic mass is 35.5. The number of piperidine rings is 1. The Bertz CT molecular complexity index is 393. The highest BCUT2D eigenvalue weighted by Gasteiger charge is 2.14. The van der Waals surface area contributed by atoms with Crippen molar-refractivity contribution in [1.82, 2.24) is 10.3 Å². The van der Waals surface area contributed by atoms with Gasteiger partial charge in [-0.1, -0.05) is 29.6 Å². The summed E-state index contributed by atoms with van der Waals surface area (Å²) in [6.07, 6.45) is 4.22. The van der Waals surface area contributed by atoms with Gasteiger partial charge < -0.3 is 21.1 Å². The van der Waals surface area contributed by atoms with E-state index in [-0.39, 0.29) is 17.3 Å².